The molecule has 172 valence electrons. The predicted octanol–water partition coefficient (Wildman–Crippen LogP) is 5.28. The SMILES string of the molecule is O=C(OC1C(OC(O)c2ccccc2)C2C3c4ccccc4CC3C1C21CC1)c1ccccc1. The van der Waals surface area contributed by atoms with Crippen LogP contribution >= 0.6 is 0 Å². The van der Waals surface area contributed by atoms with Crippen molar-refractivity contribution >= 4 is 5.97 Å². The van der Waals surface area contributed by atoms with E-state index in [0.717, 1.165) is 24.8 Å². The van der Waals surface area contributed by atoms with E-state index in [1.807, 2.05) is 48.5 Å². The zero-order valence-corrected chi connectivity index (χ0v) is 18.9. The molecule has 1 spiro atoms. The quantitative estimate of drug-likeness (QED) is 0.423. The number of ether oxygens (including phenoxy) is 2. The molecule has 4 nitrogen and oxygen atoms in total. The Kier molecular flexibility index (Phi) is 4.52. The molecule has 0 radical (unpaired) electrons. The Labute approximate surface area is 199 Å². The van der Waals surface area contributed by atoms with Crippen LogP contribution in [0.4, 0.5) is 0 Å². The van der Waals surface area contributed by atoms with Crippen LogP contribution in [0.3, 0.4) is 0 Å². The van der Waals surface area contributed by atoms with Gasteiger partial charge in [-0.3, -0.25) is 0 Å². The van der Waals surface area contributed by atoms with E-state index >= 15 is 0 Å². The van der Waals surface area contributed by atoms with Crippen molar-refractivity contribution in [3.05, 3.63) is 107 Å². The summed E-state index contributed by atoms with van der Waals surface area (Å²) < 4.78 is 12.7. The summed E-state index contributed by atoms with van der Waals surface area (Å²) in [5, 5.41) is 11.0. The smallest absolute Gasteiger partial charge is 0.338 e. The summed E-state index contributed by atoms with van der Waals surface area (Å²) in [7, 11) is 0. The summed E-state index contributed by atoms with van der Waals surface area (Å²) in [6, 6.07) is 27.5. The Morgan fingerprint density at radius 3 is 2.26 bits per heavy atom. The van der Waals surface area contributed by atoms with Crippen LogP contribution in [-0.4, -0.2) is 23.3 Å². The van der Waals surface area contributed by atoms with Gasteiger partial charge in [0.25, 0.3) is 0 Å². The third kappa shape index (κ3) is 2.88. The van der Waals surface area contributed by atoms with E-state index in [4.69, 9.17) is 9.47 Å². The minimum atomic E-state index is -1.05. The number of esters is 1. The molecule has 0 saturated heterocycles. The first kappa shape index (κ1) is 20.4. The minimum Gasteiger partial charge on any atom is -0.456 e. The summed E-state index contributed by atoms with van der Waals surface area (Å²) >= 11 is 0. The molecule has 3 saturated carbocycles. The summed E-state index contributed by atoms with van der Waals surface area (Å²) in [6.07, 6.45) is 1.61. The molecule has 0 aromatic heterocycles. The third-order valence-corrected chi connectivity index (χ3v) is 8.99. The van der Waals surface area contributed by atoms with Crippen molar-refractivity contribution in [2.45, 2.75) is 43.7 Å². The predicted molar refractivity (Wildman–Crippen MR) is 127 cm³/mol. The Morgan fingerprint density at radius 1 is 0.853 bits per heavy atom. The minimum absolute atomic E-state index is 0.158. The van der Waals surface area contributed by atoms with E-state index in [1.54, 1.807) is 12.1 Å². The second-order valence-corrected chi connectivity index (χ2v) is 10.5. The zero-order chi connectivity index (χ0) is 22.9. The molecule has 4 aliphatic carbocycles. The van der Waals surface area contributed by atoms with Crippen LogP contribution in [0.1, 0.15) is 52.1 Å². The van der Waals surface area contributed by atoms with Crippen LogP contribution < -0.4 is 0 Å². The van der Waals surface area contributed by atoms with Crippen LogP contribution in [0.5, 0.6) is 0 Å². The van der Waals surface area contributed by atoms with Crippen molar-refractivity contribution in [1.29, 1.82) is 0 Å². The maximum absolute atomic E-state index is 13.2. The van der Waals surface area contributed by atoms with Crippen molar-refractivity contribution in [3.8, 4) is 0 Å². The third-order valence-electron chi connectivity index (χ3n) is 8.99. The van der Waals surface area contributed by atoms with Gasteiger partial charge in [-0.2, -0.15) is 0 Å². The van der Waals surface area contributed by atoms with Crippen molar-refractivity contribution in [1.82, 2.24) is 0 Å². The normalized spacial score (nSPS) is 32.3. The fraction of sp³-hybridized carbons (Fsp3) is 0.367. The first-order valence-electron chi connectivity index (χ1n) is 12.4. The highest BCUT2D eigenvalue weighted by molar-refractivity contribution is 5.89. The molecule has 34 heavy (non-hydrogen) atoms. The van der Waals surface area contributed by atoms with Gasteiger partial charge in [-0.1, -0.05) is 72.8 Å². The van der Waals surface area contributed by atoms with Crippen LogP contribution in [-0.2, 0) is 15.9 Å². The van der Waals surface area contributed by atoms with Crippen molar-refractivity contribution in [2.75, 3.05) is 0 Å². The van der Waals surface area contributed by atoms with Crippen LogP contribution in [0.15, 0.2) is 84.9 Å². The zero-order valence-electron chi connectivity index (χ0n) is 18.9. The summed E-state index contributed by atoms with van der Waals surface area (Å²) in [5.41, 5.74) is 4.30. The van der Waals surface area contributed by atoms with E-state index in [9.17, 15) is 9.90 Å². The second kappa shape index (κ2) is 7.53. The van der Waals surface area contributed by atoms with E-state index in [0.29, 0.717) is 17.4 Å². The van der Waals surface area contributed by atoms with Gasteiger partial charge in [0.1, 0.15) is 12.2 Å². The fourth-order valence-electron chi connectivity index (χ4n) is 7.71. The number of carbonyl (C=O) groups is 1. The Morgan fingerprint density at radius 2 is 1.53 bits per heavy atom. The molecule has 7 rings (SSSR count). The van der Waals surface area contributed by atoms with Crippen molar-refractivity contribution < 1.29 is 19.4 Å². The van der Waals surface area contributed by atoms with Crippen LogP contribution in [0.25, 0.3) is 0 Å². The van der Waals surface area contributed by atoms with Gasteiger partial charge >= 0.3 is 5.97 Å². The number of benzene rings is 3. The molecule has 7 unspecified atom stereocenters. The molecule has 4 heteroatoms. The first-order valence-corrected chi connectivity index (χ1v) is 12.4. The number of hydrogen-bond donors (Lipinski definition) is 1. The molecule has 2 bridgehead atoms. The number of rotatable bonds is 5. The lowest BCUT2D eigenvalue weighted by Gasteiger charge is -2.38. The van der Waals surface area contributed by atoms with Gasteiger partial charge in [0.15, 0.2) is 6.29 Å². The Bertz CT molecular complexity index is 1220. The molecule has 4 aliphatic rings. The van der Waals surface area contributed by atoms with E-state index < -0.39 is 6.29 Å². The molecule has 0 aliphatic heterocycles. The van der Waals surface area contributed by atoms with Crippen LogP contribution in [0, 0.1) is 23.2 Å². The van der Waals surface area contributed by atoms with E-state index in [1.165, 1.54) is 11.1 Å². The van der Waals surface area contributed by atoms with Gasteiger partial charge in [-0.15, -0.1) is 0 Å². The number of aliphatic hydroxyl groups is 1. The van der Waals surface area contributed by atoms with Gasteiger partial charge in [0, 0.05) is 17.4 Å². The summed E-state index contributed by atoms with van der Waals surface area (Å²) in [4.78, 5) is 13.2. The average Bonchev–Trinajstić information content (AvgIpc) is 3.44. The molecule has 0 heterocycles. The molecule has 7 atom stereocenters. The summed E-state index contributed by atoms with van der Waals surface area (Å²) in [6.45, 7) is 0. The standard InChI is InChI=1S/C30H28O4/c31-28(18-9-3-1-4-10-18)33-26-24-22-17-20-13-7-8-14-21(20)23(22)25(30(24)15-16-30)27(26)34-29(32)19-11-5-2-6-12-19/h1-14,22-27,29,32H,15-17H2. The molecule has 0 amide bonds. The van der Waals surface area contributed by atoms with Gasteiger partial charge in [0.05, 0.1) is 5.56 Å². The number of hydrogen-bond acceptors (Lipinski definition) is 4. The lowest BCUT2D eigenvalue weighted by molar-refractivity contribution is -0.188. The fourth-order valence-corrected chi connectivity index (χ4v) is 7.71. The topological polar surface area (TPSA) is 55.8 Å². The Balaban J connectivity index is 1.27. The maximum Gasteiger partial charge on any atom is 0.338 e. The van der Waals surface area contributed by atoms with E-state index in [-0.39, 0.29) is 35.4 Å². The lowest BCUT2D eigenvalue weighted by atomic mass is 9.76. The van der Waals surface area contributed by atoms with Gasteiger partial charge < -0.3 is 14.6 Å². The number of fused-ring (bicyclic) bond motifs is 5. The molecule has 3 aromatic carbocycles. The van der Waals surface area contributed by atoms with Gasteiger partial charge in [-0.05, 0) is 59.8 Å². The van der Waals surface area contributed by atoms with E-state index in [2.05, 4.69) is 24.3 Å². The highest BCUT2D eigenvalue weighted by Crippen LogP contribution is 2.79. The van der Waals surface area contributed by atoms with Gasteiger partial charge in [-0.25, -0.2) is 4.79 Å². The average molecular weight is 453 g/mol. The summed E-state index contributed by atoms with van der Waals surface area (Å²) in [5.74, 6) is 1.08. The lowest BCUT2D eigenvalue weighted by Crippen LogP contribution is -2.44. The molecular formula is C30H28O4. The largest absolute Gasteiger partial charge is 0.456 e. The number of aliphatic hydroxyl groups excluding tert-OH is 1. The monoisotopic (exact) mass is 452 g/mol. The number of carbonyl (C=O) groups excluding carboxylic acids is 1. The van der Waals surface area contributed by atoms with Crippen molar-refractivity contribution in [2.24, 2.45) is 23.2 Å². The second-order valence-electron chi connectivity index (χ2n) is 10.5. The van der Waals surface area contributed by atoms with Crippen LogP contribution in [0.2, 0.25) is 0 Å². The Hall–Kier alpha value is -2.95. The first-order chi connectivity index (χ1) is 16.7. The maximum atomic E-state index is 13.2. The molecular weight excluding hydrogens is 424 g/mol. The molecule has 1 N–H and O–H groups in total. The van der Waals surface area contributed by atoms with Gasteiger partial charge in [0.2, 0.25) is 0 Å². The van der Waals surface area contributed by atoms with Crippen molar-refractivity contribution in [3.63, 3.8) is 0 Å². The molecule has 3 aromatic rings. The highest BCUT2D eigenvalue weighted by atomic mass is 16.6. The highest BCUT2D eigenvalue weighted by Gasteiger charge is 2.78. The molecule has 3 fully saturated rings.